The number of hydrogen-bond acceptors (Lipinski definition) is 5. The maximum Gasteiger partial charge on any atom is 0.387 e. The number of para-hydroxylation sites is 1. The predicted octanol–water partition coefficient (Wildman–Crippen LogP) is 2.11. The first-order valence-electron chi connectivity index (χ1n) is 9.86. The van der Waals surface area contributed by atoms with Gasteiger partial charge < -0.3 is 14.5 Å². The standard InChI is InChI=1S/C22H19F2N3O5/c1-25-19(29)14-7-6-13(12-16(14)20(25)30)18(28)26-8-10-27(11-9-26)21(31)15-4-2-3-5-17(15)32-22(23)24/h2-7,12,22H,8-11H2,1H3. The molecule has 4 rings (SSSR count). The average molecular weight is 443 g/mol. The van der Waals surface area contributed by atoms with Crippen molar-refractivity contribution in [3.05, 3.63) is 64.7 Å². The lowest BCUT2D eigenvalue weighted by atomic mass is 10.0. The van der Waals surface area contributed by atoms with Crippen molar-refractivity contribution in [3.63, 3.8) is 0 Å². The number of alkyl halides is 2. The first-order chi connectivity index (χ1) is 15.3. The molecule has 0 aromatic heterocycles. The molecule has 0 unspecified atom stereocenters. The largest absolute Gasteiger partial charge is 0.434 e. The molecule has 2 aromatic rings. The molecule has 0 bridgehead atoms. The number of ether oxygens (including phenoxy) is 1. The van der Waals surface area contributed by atoms with Crippen molar-refractivity contribution in [3.8, 4) is 5.75 Å². The van der Waals surface area contributed by atoms with Crippen LogP contribution in [0.1, 0.15) is 41.4 Å². The first-order valence-corrected chi connectivity index (χ1v) is 9.86. The molecule has 2 aromatic carbocycles. The third-order valence-electron chi connectivity index (χ3n) is 5.52. The zero-order chi connectivity index (χ0) is 23.0. The third-order valence-corrected chi connectivity index (χ3v) is 5.52. The van der Waals surface area contributed by atoms with Crippen molar-refractivity contribution in [1.29, 1.82) is 0 Å². The van der Waals surface area contributed by atoms with Crippen molar-refractivity contribution in [2.75, 3.05) is 33.2 Å². The van der Waals surface area contributed by atoms with Crippen LogP contribution in [0, 0.1) is 0 Å². The number of nitrogens with zero attached hydrogens (tertiary/aromatic N) is 3. The fourth-order valence-electron chi connectivity index (χ4n) is 3.80. The Kier molecular flexibility index (Phi) is 5.60. The fourth-order valence-corrected chi connectivity index (χ4v) is 3.80. The summed E-state index contributed by atoms with van der Waals surface area (Å²) in [5.41, 5.74) is 0.746. The van der Waals surface area contributed by atoms with E-state index in [1.54, 1.807) is 6.07 Å². The molecule has 0 spiro atoms. The van der Waals surface area contributed by atoms with Crippen LogP contribution in [-0.4, -0.2) is 78.2 Å². The predicted molar refractivity (Wildman–Crippen MR) is 108 cm³/mol. The number of fused-ring (bicyclic) bond motifs is 1. The summed E-state index contributed by atoms with van der Waals surface area (Å²) in [4.78, 5) is 53.9. The van der Waals surface area contributed by atoms with E-state index in [1.165, 1.54) is 53.2 Å². The normalized spacial score (nSPS) is 15.9. The van der Waals surface area contributed by atoms with Crippen molar-refractivity contribution in [2.24, 2.45) is 0 Å². The van der Waals surface area contributed by atoms with Gasteiger partial charge in [-0.1, -0.05) is 12.1 Å². The third kappa shape index (κ3) is 3.79. The van der Waals surface area contributed by atoms with Gasteiger partial charge in [-0.2, -0.15) is 8.78 Å². The minimum Gasteiger partial charge on any atom is -0.434 e. The van der Waals surface area contributed by atoms with E-state index in [0.29, 0.717) is 0 Å². The lowest BCUT2D eigenvalue weighted by Crippen LogP contribution is -2.50. The van der Waals surface area contributed by atoms with Gasteiger partial charge >= 0.3 is 6.61 Å². The van der Waals surface area contributed by atoms with E-state index in [9.17, 15) is 28.0 Å². The number of carbonyl (C=O) groups excluding carboxylic acids is 4. The second-order valence-corrected chi connectivity index (χ2v) is 7.39. The minimum absolute atomic E-state index is 0.0264. The lowest BCUT2D eigenvalue weighted by Gasteiger charge is -2.35. The van der Waals surface area contributed by atoms with Crippen LogP contribution in [0.15, 0.2) is 42.5 Å². The second kappa shape index (κ2) is 8.37. The van der Waals surface area contributed by atoms with E-state index in [1.807, 2.05) is 0 Å². The van der Waals surface area contributed by atoms with Crippen molar-refractivity contribution in [2.45, 2.75) is 6.61 Å². The highest BCUT2D eigenvalue weighted by atomic mass is 19.3. The molecule has 0 aliphatic carbocycles. The summed E-state index contributed by atoms with van der Waals surface area (Å²) in [6, 6.07) is 10.2. The second-order valence-electron chi connectivity index (χ2n) is 7.39. The molecular formula is C22H19F2N3O5. The van der Waals surface area contributed by atoms with Crippen LogP contribution >= 0.6 is 0 Å². The monoisotopic (exact) mass is 443 g/mol. The minimum atomic E-state index is -3.05. The maximum absolute atomic E-state index is 12.9. The molecule has 32 heavy (non-hydrogen) atoms. The Morgan fingerprint density at radius 1 is 0.875 bits per heavy atom. The van der Waals surface area contributed by atoms with Gasteiger partial charge in [-0.3, -0.25) is 24.1 Å². The molecule has 166 valence electrons. The molecule has 0 radical (unpaired) electrons. The van der Waals surface area contributed by atoms with Gasteiger partial charge in [0.25, 0.3) is 23.6 Å². The topological polar surface area (TPSA) is 87.2 Å². The summed E-state index contributed by atoms with van der Waals surface area (Å²) in [7, 11) is 1.38. The molecule has 2 heterocycles. The summed E-state index contributed by atoms with van der Waals surface area (Å²) in [6.45, 7) is -2.18. The zero-order valence-corrected chi connectivity index (χ0v) is 17.1. The number of halogens is 2. The summed E-state index contributed by atoms with van der Waals surface area (Å²) < 4.78 is 29.7. The molecule has 0 N–H and O–H groups in total. The summed E-state index contributed by atoms with van der Waals surface area (Å²) in [5, 5.41) is 0. The average Bonchev–Trinajstić information content (AvgIpc) is 3.02. The molecule has 1 fully saturated rings. The van der Waals surface area contributed by atoms with E-state index >= 15 is 0 Å². The van der Waals surface area contributed by atoms with Gasteiger partial charge in [-0.05, 0) is 30.3 Å². The number of piperazine rings is 1. The first kappa shape index (κ1) is 21.4. The van der Waals surface area contributed by atoms with Crippen LogP contribution in [0.5, 0.6) is 5.75 Å². The molecule has 1 saturated heterocycles. The van der Waals surface area contributed by atoms with Gasteiger partial charge in [-0.25, -0.2) is 0 Å². The number of imide groups is 1. The molecule has 2 aliphatic heterocycles. The van der Waals surface area contributed by atoms with E-state index in [0.717, 1.165) is 4.90 Å². The maximum atomic E-state index is 12.9. The van der Waals surface area contributed by atoms with Gasteiger partial charge in [0.15, 0.2) is 0 Å². The fraction of sp³-hybridized carbons (Fsp3) is 0.273. The Balaban J connectivity index is 1.44. The Morgan fingerprint density at radius 2 is 1.47 bits per heavy atom. The zero-order valence-electron chi connectivity index (χ0n) is 17.1. The van der Waals surface area contributed by atoms with E-state index in [2.05, 4.69) is 4.74 Å². The van der Waals surface area contributed by atoms with E-state index in [-0.39, 0.29) is 60.1 Å². The van der Waals surface area contributed by atoms with Gasteiger partial charge in [0.05, 0.1) is 16.7 Å². The summed E-state index contributed by atoms with van der Waals surface area (Å²) in [6.07, 6.45) is 0. The van der Waals surface area contributed by atoms with Crippen LogP contribution in [-0.2, 0) is 0 Å². The highest BCUT2D eigenvalue weighted by Crippen LogP contribution is 2.25. The van der Waals surface area contributed by atoms with Crippen molar-refractivity contribution >= 4 is 23.6 Å². The number of amides is 4. The van der Waals surface area contributed by atoms with Crippen LogP contribution < -0.4 is 4.74 Å². The molecule has 4 amide bonds. The number of rotatable bonds is 4. The highest BCUT2D eigenvalue weighted by molar-refractivity contribution is 6.21. The van der Waals surface area contributed by atoms with E-state index < -0.39 is 24.3 Å². The SMILES string of the molecule is CN1C(=O)c2ccc(C(=O)N3CCN(C(=O)c4ccccc4OC(F)F)CC3)cc2C1=O. The van der Waals surface area contributed by atoms with Gasteiger partial charge in [0.1, 0.15) is 5.75 Å². The number of hydrogen-bond donors (Lipinski definition) is 0. The highest BCUT2D eigenvalue weighted by Gasteiger charge is 2.34. The Morgan fingerprint density at radius 3 is 2.12 bits per heavy atom. The van der Waals surface area contributed by atoms with Crippen LogP contribution in [0.25, 0.3) is 0 Å². The van der Waals surface area contributed by atoms with Crippen LogP contribution in [0.4, 0.5) is 8.78 Å². The van der Waals surface area contributed by atoms with Gasteiger partial charge in [-0.15, -0.1) is 0 Å². The van der Waals surface area contributed by atoms with E-state index in [4.69, 9.17) is 0 Å². The number of carbonyl (C=O) groups is 4. The molecule has 0 saturated carbocycles. The Labute approximate surface area is 181 Å². The molecular weight excluding hydrogens is 424 g/mol. The summed E-state index contributed by atoms with van der Waals surface area (Å²) >= 11 is 0. The molecule has 8 nitrogen and oxygen atoms in total. The van der Waals surface area contributed by atoms with Crippen molar-refractivity contribution < 1.29 is 32.7 Å². The molecule has 10 heteroatoms. The Bertz CT molecular complexity index is 1110. The quantitative estimate of drug-likeness (QED) is 0.676. The van der Waals surface area contributed by atoms with Crippen molar-refractivity contribution in [1.82, 2.24) is 14.7 Å². The smallest absolute Gasteiger partial charge is 0.387 e. The molecule has 0 atom stereocenters. The van der Waals surface area contributed by atoms with Gasteiger partial charge in [0.2, 0.25) is 0 Å². The molecule has 2 aliphatic rings. The van der Waals surface area contributed by atoms with Crippen LogP contribution in [0.3, 0.4) is 0 Å². The lowest BCUT2D eigenvalue weighted by molar-refractivity contribution is -0.0503. The Hall–Kier alpha value is -3.82. The summed E-state index contributed by atoms with van der Waals surface area (Å²) in [5.74, 6) is -1.85. The number of benzene rings is 2. The van der Waals surface area contributed by atoms with Gasteiger partial charge in [0, 0.05) is 38.8 Å². The van der Waals surface area contributed by atoms with Crippen LogP contribution in [0.2, 0.25) is 0 Å².